The molecule has 1 heterocycles. The van der Waals surface area contributed by atoms with Crippen molar-refractivity contribution in [2.75, 3.05) is 0 Å². The molecule has 3 heteroatoms. The van der Waals surface area contributed by atoms with Crippen LogP contribution in [0.15, 0.2) is 10.6 Å². The van der Waals surface area contributed by atoms with Crippen LogP contribution in [0.4, 0.5) is 0 Å². The van der Waals surface area contributed by atoms with Gasteiger partial charge < -0.3 is 9.52 Å². The highest BCUT2D eigenvalue weighted by Gasteiger charge is 2.23. The monoisotopic (exact) mass is 153 g/mol. The zero-order chi connectivity index (χ0) is 7.68. The fourth-order valence-corrected chi connectivity index (χ4v) is 1.08. The fourth-order valence-electron chi connectivity index (χ4n) is 1.08. The van der Waals surface area contributed by atoms with E-state index in [0.717, 1.165) is 18.2 Å². The van der Waals surface area contributed by atoms with E-state index in [2.05, 4.69) is 4.98 Å². The van der Waals surface area contributed by atoms with E-state index in [0.29, 0.717) is 5.76 Å². The summed E-state index contributed by atoms with van der Waals surface area (Å²) < 4.78 is 5.22. The summed E-state index contributed by atoms with van der Waals surface area (Å²) in [5.74, 6) is 2.14. The molecule has 1 saturated carbocycles. The zero-order valence-corrected chi connectivity index (χ0v) is 6.29. The first kappa shape index (κ1) is 6.85. The van der Waals surface area contributed by atoms with Gasteiger partial charge in [-0.25, -0.2) is 4.98 Å². The van der Waals surface area contributed by atoms with Gasteiger partial charge in [-0.3, -0.25) is 0 Å². The van der Waals surface area contributed by atoms with E-state index in [1.54, 1.807) is 6.20 Å². The lowest BCUT2D eigenvalue weighted by Gasteiger charge is -1.89. The molecule has 0 spiro atoms. The average Bonchev–Trinajstić information content (AvgIpc) is 2.68. The van der Waals surface area contributed by atoms with Gasteiger partial charge in [0.2, 0.25) is 0 Å². The van der Waals surface area contributed by atoms with Gasteiger partial charge in [0.25, 0.3) is 0 Å². The molecule has 0 radical (unpaired) electrons. The van der Waals surface area contributed by atoms with Crippen molar-refractivity contribution in [3.8, 4) is 0 Å². The Balaban J connectivity index is 1.99. The highest BCUT2D eigenvalue weighted by molar-refractivity contribution is 4.95. The molecule has 1 aromatic rings. The lowest BCUT2D eigenvalue weighted by atomic mass is 10.3. The summed E-state index contributed by atoms with van der Waals surface area (Å²) in [6.45, 7) is -0.0440. The lowest BCUT2D eigenvalue weighted by molar-refractivity contribution is 0.243. The SMILES string of the molecule is OCc1cnc(CC2CC2)o1. The second kappa shape index (κ2) is 2.66. The van der Waals surface area contributed by atoms with Gasteiger partial charge in [0, 0.05) is 6.42 Å². The second-order valence-electron chi connectivity index (χ2n) is 3.03. The zero-order valence-electron chi connectivity index (χ0n) is 6.29. The van der Waals surface area contributed by atoms with Crippen molar-refractivity contribution >= 4 is 0 Å². The van der Waals surface area contributed by atoms with Crippen LogP contribution in [0.2, 0.25) is 0 Å². The number of aliphatic hydroxyl groups is 1. The smallest absolute Gasteiger partial charge is 0.194 e. The molecule has 0 aromatic carbocycles. The van der Waals surface area contributed by atoms with Gasteiger partial charge in [-0.05, 0) is 18.8 Å². The average molecular weight is 153 g/mol. The Bertz CT molecular complexity index is 240. The normalized spacial score (nSPS) is 17.2. The largest absolute Gasteiger partial charge is 0.443 e. The van der Waals surface area contributed by atoms with E-state index in [4.69, 9.17) is 9.52 Å². The van der Waals surface area contributed by atoms with Crippen molar-refractivity contribution < 1.29 is 9.52 Å². The lowest BCUT2D eigenvalue weighted by Crippen LogP contribution is -1.85. The predicted octanol–water partition coefficient (Wildman–Crippen LogP) is 1.12. The van der Waals surface area contributed by atoms with Crippen molar-refractivity contribution in [1.82, 2.24) is 4.98 Å². The first-order valence-corrected chi connectivity index (χ1v) is 3.93. The molecule has 1 aliphatic carbocycles. The Hall–Kier alpha value is -0.830. The number of rotatable bonds is 3. The molecule has 11 heavy (non-hydrogen) atoms. The van der Waals surface area contributed by atoms with Crippen LogP contribution in [-0.4, -0.2) is 10.1 Å². The molecule has 0 amide bonds. The van der Waals surface area contributed by atoms with Crippen LogP contribution >= 0.6 is 0 Å². The third-order valence-electron chi connectivity index (χ3n) is 1.92. The Kier molecular flexibility index (Phi) is 1.66. The van der Waals surface area contributed by atoms with E-state index < -0.39 is 0 Å². The molecule has 1 N–H and O–H groups in total. The summed E-state index contributed by atoms with van der Waals surface area (Å²) in [6, 6.07) is 0. The highest BCUT2D eigenvalue weighted by atomic mass is 16.4. The third-order valence-corrected chi connectivity index (χ3v) is 1.92. The molecule has 0 aliphatic heterocycles. The number of hydrogen-bond donors (Lipinski definition) is 1. The van der Waals surface area contributed by atoms with Crippen LogP contribution in [0.3, 0.4) is 0 Å². The fraction of sp³-hybridized carbons (Fsp3) is 0.625. The van der Waals surface area contributed by atoms with E-state index in [1.165, 1.54) is 12.8 Å². The molecular formula is C8H11NO2. The molecule has 1 aliphatic rings. The van der Waals surface area contributed by atoms with Gasteiger partial charge in [-0.15, -0.1) is 0 Å². The predicted molar refractivity (Wildman–Crippen MR) is 38.9 cm³/mol. The molecule has 1 fully saturated rings. The van der Waals surface area contributed by atoms with E-state index in [1.807, 2.05) is 0 Å². The first-order chi connectivity index (χ1) is 5.38. The number of aliphatic hydroxyl groups excluding tert-OH is 1. The summed E-state index contributed by atoms with van der Waals surface area (Å²) in [6.07, 6.45) is 5.14. The molecule has 3 nitrogen and oxygen atoms in total. The molecule has 0 unspecified atom stereocenters. The van der Waals surface area contributed by atoms with E-state index >= 15 is 0 Å². The van der Waals surface area contributed by atoms with Crippen molar-refractivity contribution in [2.24, 2.45) is 5.92 Å². The van der Waals surface area contributed by atoms with Crippen molar-refractivity contribution in [3.63, 3.8) is 0 Å². The van der Waals surface area contributed by atoms with Crippen molar-refractivity contribution in [3.05, 3.63) is 17.8 Å². The van der Waals surface area contributed by atoms with Gasteiger partial charge in [0.15, 0.2) is 5.89 Å². The molecule has 0 bridgehead atoms. The van der Waals surface area contributed by atoms with E-state index in [-0.39, 0.29) is 6.61 Å². The number of aromatic nitrogens is 1. The van der Waals surface area contributed by atoms with E-state index in [9.17, 15) is 0 Å². The molecule has 1 aromatic heterocycles. The summed E-state index contributed by atoms with van der Waals surface area (Å²) in [5.41, 5.74) is 0. The van der Waals surface area contributed by atoms with Crippen LogP contribution in [0.25, 0.3) is 0 Å². The summed E-state index contributed by atoms with van der Waals surface area (Å²) in [5, 5.41) is 8.67. The summed E-state index contributed by atoms with van der Waals surface area (Å²) >= 11 is 0. The van der Waals surface area contributed by atoms with Gasteiger partial charge in [0.1, 0.15) is 12.4 Å². The molecule has 60 valence electrons. The highest BCUT2D eigenvalue weighted by Crippen LogP contribution is 2.32. The van der Waals surface area contributed by atoms with Gasteiger partial charge in [-0.1, -0.05) is 0 Å². The van der Waals surface area contributed by atoms with Crippen LogP contribution in [-0.2, 0) is 13.0 Å². The minimum Gasteiger partial charge on any atom is -0.443 e. The molecular weight excluding hydrogens is 142 g/mol. The third kappa shape index (κ3) is 1.60. The Morgan fingerprint density at radius 1 is 1.64 bits per heavy atom. The Labute approximate surface area is 65.1 Å². The van der Waals surface area contributed by atoms with Crippen LogP contribution in [0, 0.1) is 5.92 Å². The second-order valence-corrected chi connectivity index (χ2v) is 3.03. The van der Waals surface area contributed by atoms with Crippen LogP contribution in [0.1, 0.15) is 24.5 Å². The first-order valence-electron chi connectivity index (χ1n) is 3.93. The Morgan fingerprint density at radius 2 is 2.45 bits per heavy atom. The molecule has 0 atom stereocenters. The minimum absolute atomic E-state index is 0.0440. The van der Waals surface area contributed by atoms with Crippen molar-refractivity contribution in [2.45, 2.75) is 25.9 Å². The maximum Gasteiger partial charge on any atom is 0.194 e. The molecule has 2 rings (SSSR count). The molecule has 0 saturated heterocycles. The number of hydrogen-bond acceptors (Lipinski definition) is 3. The van der Waals surface area contributed by atoms with Gasteiger partial charge in [-0.2, -0.15) is 0 Å². The van der Waals surface area contributed by atoms with Gasteiger partial charge >= 0.3 is 0 Å². The van der Waals surface area contributed by atoms with Crippen molar-refractivity contribution in [1.29, 1.82) is 0 Å². The van der Waals surface area contributed by atoms with Crippen LogP contribution < -0.4 is 0 Å². The summed E-state index contributed by atoms with van der Waals surface area (Å²) in [7, 11) is 0. The van der Waals surface area contributed by atoms with Crippen LogP contribution in [0.5, 0.6) is 0 Å². The number of oxazole rings is 1. The topological polar surface area (TPSA) is 46.3 Å². The number of nitrogens with zero attached hydrogens (tertiary/aromatic N) is 1. The van der Waals surface area contributed by atoms with Gasteiger partial charge in [0.05, 0.1) is 6.20 Å². The standard InChI is InChI=1S/C8H11NO2/c10-5-7-4-9-8(11-7)3-6-1-2-6/h4,6,10H,1-3,5H2. The minimum atomic E-state index is -0.0440. The maximum absolute atomic E-state index is 8.67. The summed E-state index contributed by atoms with van der Waals surface area (Å²) in [4.78, 5) is 4.04. The quantitative estimate of drug-likeness (QED) is 0.707. The Morgan fingerprint density at radius 3 is 3.00 bits per heavy atom. The maximum atomic E-state index is 8.67.